The van der Waals surface area contributed by atoms with Gasteiger partial charge in [0.2, 0.25) is 0 Å². The molecule has 2 rings (SSSR count). The van der Waals surface area contributed by atoms with E-state index in [1.165, 1.54) is 0 Å². The van der Waals surface area contributed by atoms with Crippen molar-refractivity contribution in [3.8, 4) is 0 Å². The van der Waals surface area contributed by atoms with Crippen LogP contribution in [0.4, 0.5) is 5.69 Å². The van der Waals surface area contributed by atoms with Crippen LogP contribution in [0.1, 0.15) is 17.7 Å². The maximum Gasteiger partial charge on any atom is 0.152 e. The van der Waals surface area contributed by atoms with Gasteiger partial charge in [-0.1, -0.05) is 0 Å². The van der Waals surface area contributed by atoms with Gasteiger partial charge in [0.25, 0.3) is 0 Å². The zero-order valence-electron chi connectivity index (χ0n) is 10.8. The van der Waals surface area contributed by atoms with Crippen LogP contribution in [0, 0.1) is 6.92 Å². The van der Waals surface area contributed by atoms with Crippen molar-refractivity contribution < 1.29 is 8.42 Å². The van der Waals surface area contributed by atoms with Gasteiger partial charge in [-0.25, -0.2) is 8.42 Å². The highest BCUT2D eigenvalue weighted by Gasteiger charge is 2.31. The largest absolute Gasteiger partial charge is 0.370 e. The molecule has 5 nitrogen and oxygen atoms in total. The quantitative estimate of drug-likeness (QED) is 0.863. The molecule has 0 aliphatic carbocycles. The molecule has 1 aromatic rings. The zero-order valence-corrected chi connectivity index (χ0v) is 11.6. The Morgan fingerprint density at radius 2 is 2.28 bits per heavy atom. The Kier molecular flexibility index (Phi) is 3.59. The van der Waals surface area contributed by atoms with Gasteiger partial charge in [0.05, 0.1) is 11.5 Å². The summed E-state index contributed by atoms with van der Waals surface area (Å²) < 4.78 is 23.1. The van der Waals surface area contributed by atoms with Gasteiger partial charge in [-0.15, -0.1) is 0 Å². The summed E-state index contributed by atoms with van der Waals surface area (Å²) >= 11 is 0. The molecule has 1 atom stereocenters. The summed E-state index contributed by atoms with van der Waals surface area (Å²) in [4.78, 5) is 6.25. The number of aryl methyl sites for hydroxylation is 1. The molecule has 0 saturated carbocycles. The molecule has 18 heavy (non-hydrogen) atoms. The molecule has 0 aromatic carbocycles. The van der Waals surface area contributed by atoms with E-state index < -0.39 is 9.84 Å². The molecule has 0 bridgehead atoms. The molecule has 1 aliphatic rings. The third-order valence-electron chi connectivity index (χ3n) is 3.45. The minimum absolute atomic E-state index is 0.0436. The van der Waals surface area contributed by atoms with E-state index in [0.29, 0.717) is 13.0 Å². The van der Waals surface area contributed by atoms with E-state index >= 15 is 0 Å². The second-order valence-corrected chi connectivity index (χ2v) is 7.06. The summed E-state index contributed by atoms with van der Waals surface area (Å²) in [5.74, 6) is 0.513. The average molecular weight is 269 g/mol. The van der Waals surface area contributed by atoms with Gasteiger partial charge in [-0.05, 0) is 19.4 Å². The first-order valence-corrected chi connectivity index (χ1v) is 7.84. The van der Waals surface area contributed by atoms with E-state index in [1.807, 2.05) is 24.9 Å². The van der Waals surface area contributed by atoms with Crippen LogP contribution in [-0.4, -0.2) is 38.0 Å². The lowest BCUT2D eigenvalue weighted by molar-refractivity contribution is 0.600. The minimum Gasteiger partial charge on any atom is -0.370 e. The number of pyridine rings is 1. The Balaban J connectivity index is 2.28. The molecule has 0 spiro atoms. The van der Waals surface area contributed by atoms with Gasteiger partial charge in [0.1, 0.15) is 0 Å². The van der Waals surface area contributed by atoms with Gasteiger partial charge in [-0.3, -0.25) is 4.98 Å². The van der Waals surface area contributed by atoms with E-state index in [-0.39, 0.29) is 17.5 Å². The number of hydrogen-bond acceptors (Lipinski definition) is 5. The van der Waals surface area contributed by atoms with E-state index in [0.717, 1.165) is 16.9 Å². The molecular formula is C12H19N3O2S. The van der Waals surface area contributed by atoms with E-state index in [9.17, 15) is 8.42 Å². The van der Waals surface area contributed by atoms with Crippen molar-refractivity contribution in [1.82, 2.24) is 4.98 Å². The van der Waals surface area contributed by atoms with Crippen molar-refractivity contribution in [2.45, 2.75) is 25.9 Å². The summed E-state index contributed by atoms with van der Waals surface area (Å²) in [6.45, 7) is 2.33. The highest BCUT2D eigenvalue weighted by Crippen LogP contribution is 2.26. The number of hydrogen-bond donors (Lipinski definition) is 1. The molecule has 0 amide bonds. The molecule has 6 heteroatoms. The Bertz CT molecular complexity index is 542. The van der Waals surface area contributed by atoms with Crippen molar-refractivity contribution in [2.75, 3.05) is 23.5 Å². The summed E-state index contributed by atoms with van der Waals surface area (Å²) in [6, 6.07) is 2.01. The SMILES string of the molecule is Cc1cc(N(C)C2CCS(=O)(=O)C2)c(CN)cn1. The fourth-order valence-electron chi connectivity index (χ4n) is 2.34. The Hall–Kier alpha value is -1.14. The average Bonchev–Trinajstić information content (AvgIpc) is 2.68. The van der Waals surface area contributed by atoms with E-state index in [1.54, 1.807) is 6.20 Å². The minimum atomic E-state index is -2.87. The van der Waals surface area contributed by atoms with Gasteiger partial charge in [0, 0.05) is 42.8 Å². The highest BCUT2D eigenvalue weighted by atomic mass is 32.2. The summed E-state index contributed by atoms with van der Waals surface area (Å²) in [6.07, 6.45) is 2.45. The maximum atomic E-state index is 11.5. The summed E-state index contributed by atoms with van der Waals surface area (Å²) in [5.41, 5.74) is 8.56. The molecule has 0 radical (unpaired) electrons. The molecule has 1 fully saturated rings. The lowest BCUT2D eigenvalue weighted by atomic mass is 10.1. The standard InChI is InChI=1S/C12H19N3O2S/c1-9-5-12(10(6-13)7-14-9)15(2)11-3-4-18(16,17)8-11/h5,7,11H,3-4,6,8,13H2,1-2H3. The maximum absolute atomic E-state index is 11.5. The lowest BCUT2D eigenvalue weighted by Crippen LogP contribution is -2.33. The topological polar surface area (TPSA) is 76.3 Å². The van der Waals surface area contributed by atoms with Crippen LogP contribution < -0.4 is 10.6 Å². The van der Waals surface area contributed by atoms with Crippen molar-refractivity contribution in [2.24, 2.45) is 5.73 Å². The third kappa shape index (κ3) is 2.64. The Morgan fingerprint density at radius 3 is 2.83 bits per heavy atom. The molecule has 2 heterocycles. The molecule has 1 aromatic heterocycles. The predicted molar refractivity (Wildman–Crippen MR) is 72.3 cm³/mol. The number of rotatable bonds is 3. The molecule has 1 saturated heterocycles. The Labute approximate surface area is 108 Å². The van der Waals surface area contributed by atoms with Gasteiger partial charge >= 0.3 is 0 Å². The van der Waals surface area contributed by atoms with Crippen molar-refractivity contribution in [3.05, 3.63) is 23.5 Å². The fraction of sp³-hybridized carbons (Fsp3) is 0.583. The van der Waals surface area contributed by atoms with Gasteiger partial charge in [-0.2, -0.15) is 0 Å². The van der Waals surface area contributed by atoms with Crippen molar-refractivity contribution in [1.29, 1.82) is 0 Å². The highest BCUT2D eigenvalue weighted by molar-refractivity contribution is 7.91. The van der Waals surface area contributed by atoms with Crippen LogP contribution in [0.2, 0.25) is 0 Å². The first kappa shape index (κ1) is 13.3. The lowest BCUT2D eigenvalue weighted by Gasteiger charge is -2.27. The number of anilines is 1. The van der Waals surface area contributed by atoms with Gasteiger partial charge < -0.3 is 10.6 Å². The molecule has 1 unspecified atom stereocenters. The van der Waals surface area contributed by atoms with Crippen LogP contribution in [0.5, 0.6) is 0 Å². The van der Waals surface area contributed by atoms with E-state index in [2.05, 4.69) is 4.98 Å². The van der Waals surface area contributed by atoms with Crippen molar-refractivity contribution in [3.63, 3.8) is 0 Å². The molecule has 100 valence electrons. The number of nitrogens with zero attached hydrogens (tertiary/aromatic N) is 2. The third-order valence-corrected chi connectivity index (χ3v) is 5.21. The van der Waals surface area contributed by atoms with Crippen LogP contribution in [0.15, 0.2) is 12.3 Å². The predicted octanol–water partition coefficient (Wildman–Crippen LogP) is 0.472. The van der Waals surface area contributed by atoms with Crippen LogP contribution in [0.25, 0.3) is 0 Å². The first-order chi connectivity index (χ1) is 8.43. The Morgan fingerprint density at radius 1 is 1.56 bits per heavy atom. The molecule has 2 N–H and O–H groups in total. The second-order valence-electron chi connectivity index (χ2n) is 4.83. The number of aromatic nitrogens is 1. The smallest absolute Gasteiger partial charge is 0.152 e. The van der Waals surface area contributed by atoms with Crippen LogP contribution >= 0.6 is 0 Å². The second kappa shape index (κ2) is 4.85. The summed E-state index contributed by atoms with van der Waals surface area (Å²) in [5, 5.41) is 0. The fourth-order valence-corrected chi connectivity index (χ4v) is 4.11. The van der Waals surface area contributed by atoms with Crippen LogP contribution in [-0.2, 0) is 16.4 Å². The number of nitrogens with two attached hydrogens (primary N) is 1. The molecule has 1 aliphatic heterocycles. The normalized spacial score (nSPS) is 22.1. The van der Waals surface area contributed by atoms with E-state index in [4.69, 9.17) is 5.73 Å². The molecular weight excluding hydrogens is 250 g/mol. The monoisotopic (exact) mass is 269 g/mol. The van der Waals surface area contributed by atoms with Crippen molar-refractivity contribution >= 4 is 15.5 Å². The van der Waals surface area contributed by atoms with Crippen LogP contribution in [0.3, 0.4) is 0 Å². The zero-order chi connectivity index (χ0) is 13.3. The summed E-state index contributed by atoms with van der Waals surface area (Å²) in [7, 11) is -0.937. The number of sulfone groups is 1. The first-order valence-electron chi connectivity index (χ1n) is 6.02. The van der Waals surface area contributed by atoms with Gasteiger partial charge in [0.15, 0.2) is 9.84 Å².